The molecule has 270 valence electrons. The van der Waals surface area contributed by atoms with Crippen LogP contribution in [0.1, 0.15) is 33.2 Å². The number of ether oxygens (including phenoxy) is 1. The van der Waals surface area contributed by atoms with Gasteiger partial charge in [0.1, 0.15) is 5.76 Å². The summed E-state index contributed by atoms with van der Waals surface area (Å²) < 4.78 is 24.6. The third-order valence-corrected chi connectivity index (χ3v) is 10.8. The van der Waals surface area contributed by atoms with Crippen molar-refractivity contribution in [2.45, 2.75) is 25.6 Å². The van der Waals surface area contributed by atoms with Crippen LogP contribution in [-0.2, 0) is 29.5 Å². The molecule has 14 heteroatoms. The molecule has 0 spiro atoms. The van der Waals surface area contributed by atoms with Crippen molar-refractivity contribution in [3.63, 3.8) is 0 Å². The lowest BCUT2D eigenvalue weighted by Crippen LogP contribution is -2.27. The second-order valence-corrected chi connectivity index (χ2v) is 14.1. The van der Waals surface area contributed by atoms with Crippen molar-refractivity contribution in [1.82, 2.24) is 23.9 Å². The molecule has 0 saturated carbocycles. The van der Waals surface area contributed by atoms with Gasteiger partial charge in [0, 0.05) is 68.1 Å². The Morgan fingerprint density at radius 3 is 2.60 bits per heavy atom. The minimum Gasteiger partial charge on any atom is -0.497 e. The molecule has 1 amide bonds. The Bertz CT molecular complexity index is 2220. The maximum Gasteiger partial charge on any atom is 0.307 e. The van der Waals surface area contributed by atoms with Gasteiger partial charge in [-0.05, 0) is 55.9 Å². The van der Waals surface area contributed by atoms with Gasteiger partial charge >= 0.3 is 5.97 Å². The number of carbonyl (C=O) groups is 3. The highest BCUT2D eigenvalue weighted by Crippen LogP contribution is 2.39. The zero-order chi connectivity index (χ0) is 36.8. The van der Waals surface area contributed by atoms with E-state index in [-0.39, 0.29) is 28.8 Å². The van der Waals surface area contributed by atoms with Gasteiger partial charge < -0.3 is 24.6 Å². The van der Waals surface area contributed by atoms with E-state index in [1.165, 1.54) is 23.8 Å². The number of alkyl halides is 1. The van der Waals surface area contributed by atoms with E-state index in [0.717, 1.165) is 24.4 Å². The summed E-state index contributed by atoms with van der Waals surface area (Å²) in [6, 6.07) is 12.5. The van der Waals surface area contributed by atoms with Crippen LogP contribution in [0.15, 0.2) is 82.8 Å². The summed E-state index contributed by atoms with van der Waals surface area (Å²) in [5.41, 5.74) is 4.44. The van der Waals surface area contributed by atoms with Gasteiger partial charge in [0.25, 0.3) is 11.8 Å². The van der Waals surface area contributed by atoms with Crippen molar-refractivity contribution in [3.8, 4) is 11.1 Å². The highest BCUT2D eigenvalue weighted by Gasteiger charge is 2.32. The number of imidazole rings is 1. The number of benzene rings is 2. The topological polar surface area (TPSA) is 122 Å². The second kappa shape index (κ2) is 14.3. The summed E-state index contributed by atoms with van der Waals surface area (Å²) in [5.74, 6) is -1.85. The van der Waals surface area contributed by atoms with Crippen LogP contribution in [0.5, 0.6) is 0 Å². The summed E-state index contributed by atoms with van der Waals surface area (Å²) in [5, 5.41) is 13.3. The average Bonchev–Trinajstić information content (AvgIpc) is 3.83. The van der Waals surface area contributed by atoms with Crippen LogP contribution >= 0.6 is 23.2 Å². The van der Waals surface area contributed by atoms with Crippen LogP contribution < -0.4 is 5.32 Å². The van der Waals surface area contributed by atoms with Crippen LogP contribution in [0.25, 0.3) is 22.0 Å². The molecule has 4 aromatic rings. The number of rotatable bonds is 8. The number of carboxylic acids is 1. The van der Waals surface area contributed by atoms with Gasteiger partial charge in [-0.2, -0.15) is 0 Å². The standard InChI is InChI=1S/C38H37Cl2FN6O5/c1-44-13-12-31-29(20-44)42-35(45(31)2)36(48)43-28-8-4-7-25(34(28)40)23-6-5-9-30-24(23)11-15-47(30)37(49)33-26(39)16-22(32(52-3)17-27(33)41)19-46-14-10-21(18-46)38(50)51/h4-9,11,15-17,21,27H,10,12-14,18-20H2,1-3H3,(H,43,48)(H,50,51). The number of nitrogens with zero attached hydrogens (tertiary/aromatic N) is 5. The quantitative estimate of drug-likeness (QED) is 0.216. The van der Waals surface area contributed by atoms with Crippen molar-refractivity contribution in [1.29, 1.82) is 0 Å². The van der Waals surface area contributed by atoms with Gasteiger partial charge in [0.2, 0.25) is 0 Å². The number of hydrogen-bond donors (Lipinski definition) is 2. The van der Waals surface area contributed by atoms with Crippen molar-refractivity contribution in [3.05, 3.63) is 105 Å². The molecule has 1 fully saturated rings. The molecular formula is C38H37Cl2FN6O5. The van der Waals surface area contributed by atoms with Gasteiger partial charge in [-0.1, -0.05) is 47.5 Å². The Morgan fingerprint density at radius 2 is 1.85 bits per heavy atom. The average molecular weight is 748 g/mol. The number of carbonyl (C=O) groups excluding carboxylic acids is 2. The van der Waals surface area contributed by atoms with Gasteiger partial charge in [-0.25, -0.2) is 9.37 Å². The predicted molar refractivity (Wildman–Crippen MR) is 197 cm³/mol. The molecule has 2 aromatic heterocycles. The fourth-order valence-corrected chi connectivity index (χ4v) is 7.90. The fourth-order valence-electron chi connectivity index (χ4n) is 7.30. The van der Waals surface area contributed by atoms with Crippen molar-refractivity contribution >= 4 is 57.6 Å². The molecule has 0 radical (unpaired) electrons. The molecule has 2 aliphatic heterocycles. The van der Waals surface area contributed by atoms with Gasteiger partial charge in [-0.3, -0.25) is 23.9 Å². The number of nitrogens with one attached hydrogen (secondary N) is 1. The van der Waals surface area contributed by atoms with E-state index in [9.17, 15) is 19.5 Å². The maximum absolute atomic E-state index is 16.0. The Hall–Kier alpha value is -4.75. The molecule has 2 N–H and O–H groups in total. The number of methoxy groups -OCH3 is 1. The SMILES string of the molecule is COC1=CC(F)C(C(=O)n2ccc3c(-c4cccc(NC(=O)c5nc6c(n5C)CCN(C)C6)c4Cl)cccc32)=C(Cl)C=C1CN1CCC(C(=O)O)C1. The van der Waals surface area contributed by atoms with Crippen molar-refractivity contribution < 1.29 is 28.6 Å². The molecule has 0 bridgehead atoms. The highest BCUT2D eigenvalue weighted by atomic mass is 35.5. The van der Waals surface area contributed by atoms with Crippen LogP contribution in [0, 0.1) is 5.92 Å². The van der Waals surface area contributed by atoms with E-state index >= 15 is 4.39 Å². The maximum atomic E-state index is 16.0. The smallest absolute Gasteiger partial charge is 0.307 e. The molecule has 11 nitrogen and oxygen atoms in total. The van der Waals surface area contributed by atoms with Crippen molar-refractivity contribution in [2.24, 2.45) is 13.0 Å². The number of anilines is 1. The minimum atomic E-state index is -1.88. The van der Waals surface area contributed by atoms with E-state index in [2.05, 4.69) is 15.2 Å². The lowest BCUT2D eigenvalue weighted by Gasteiger charge is -2.21. The Labute approximate surface area is 309 Å². The zero-order valence-electron chi connectivity index (χ0n) is 28.8. The number of hydrogen-bond acceptors (Lipinski definition) is 7. The van der Waals surface area contributed by atoms with E-state index in [0.29, 0.717) is 70.2 Å². The summed E-state index contributed by atoms with van der Waals surface area (Å²) in [6.45, 7) is 2.74. The second-order valence-electron chi connectivity index (χ2n) is 13.4. The number of likely N-dealkylation sites (tertiary alicyclic amines) is 1. The summed E-state index contributed by atoms with van der Waals surface area (Å²) in [6.07, 6.45) is 3.73. The predicted octanol–water partition coefficient (Wildman–Crippen LogP) is 6.28. The molecule has 1 aliphatic carbocycles. The number of amides is 1. The largest absolute Gasteiger partial charge is 0.497 e. The van der Waals surface area contributed by atoms with Gasteiger partial charge in [0.15, 0.2) is 12.0 Å². The number of carboxylic acid groups (broad SMARTS) is 1. The summed E-state index contributed by atoms with van der Waals surface area (Å²) >= 11 is 13.6. The highest BCUT2D eigenvalue weighted by molar-refractivity contribution is 6.37. The van der Waals surface area contributed by atoms with Gasteiger partial charge in [0.05, 0.1) is 45.6 Å². The summed E-state index contributed by atoms with van der Waals surface area (Å²) in [4.78, 5) is 47.7. The van der Waals surface area contributed by atoms with E-state index in [1.807, 2.05) is 35.7 Å². The normalized spacial score (nSPS) is 19.7. The molecule has 52 heavy (non-hydrogen) atoms. The molecule has 7 rings (SSSR count). The molecule has 2 unspecified atom stereocenters. The fraction of sp³-hybridized carbons (Fsp3) is 0.316. The molecular weight excluding hydrogens is 710 g/mol. The third-order valence-electron chi connectivity index (χ3n) is 10.1. The number of allylic oxidation sites excluding steroid dienone is 4. The number of aromatic nitrogens is 3. The lowest BCUT2D eigenvalue weighted by atomic mass is 10.0. The van der Waals surface area contributed by atoms with Crippen molar-refractivity contribution in [2.75, 3.05) is 45.7 Å². The Morgan fingerprint density at radius 1 is 1.08 bits per heavy atom. The minimum absolute atomic E-state index is 0.0742. The monoisotopic (exact) mass is 746 g/mol. The van der Waals surface area contributed by atoms with Crippen LogP contribution in [0.4, 0.5) is 10.1 Å². The Kier molecular flexibility index (Phi) is 9.83. The summed E-state index contributed by atoms with van der Waals surface area (Å²) in [7, 11) is 5.27. The first-order valence-corrected chi connectivity index (χ1v) is 17.6. The number of aliphatic carboxylic acids is 1. The Balaban J connectivity index is 1.17. The lowest BCUT2D eigenvalue weighted by molar-refractivity contribution is -0.141. The van der Waals surface area contributed by atoms with Gasteiger partial charge in [-0.15, -0.1) is 0 Å². The molecule has 4 heterocycles. The zero-order valence-corrected chi connectivity index (χ0v) is 30.3. The third kappa shape index (κ3) is 6.56. The number of likely N-dealkylation sites (N-methyl/N-ethyl adjacent to an activating group) is 1. The van der Waals surface area contributed by atoms with E-state index in [4.69, 9.17) is 27.9 Å². The number of halogens is 3. The van der Waals surface area contributed by atoms with Crippen LogP contribution in [0.2, 0.25) is 5.02 Å². The van der Waals surface area contributed by atoms with Crippen LogP contribution in [-0.4, -0.2) is 93.3 Å². The number of fused-ring (bicyclic) bond motifs is 2. The molecule has 2 aromatic carbocycles. The van der Waals surface area contributed by atoms with Crippen LogP contribution in [0.3, 0.4) is 0 Å². The first-order chi connectivity index (χ1) is 24.9. The first kappa shape index (κ1) is 35.6. The molecule has 1 saturated heterocycles. The first-order valence-electron chi connectivity index (χ1n) is 16.9. The molecule has 3 aliphatic rings. The van der Waals surface area contributed by atoms with E-state index in [1.54, 1.807) is 36.5 Å². The molecule has 2 atom stereocenters. The van der Waals surface area contributed by atoms with E-state index < -0.39 is 24.0 Å².